The van der Waals surface area contributed by atoms with Crippen LogP contribution < -0.4 is 4.74 Å². The number of ether oxygens (including phenoxy) is 1. The minimum atomic E-state index is -0.320. The molecular formula is C14H10ClFO2. The molecule has 0 aromatic heterocycles. The Hall–Kier alpha value is -1.87. The van der Waals surface area contributed by atoms with Crippen LogP contribution in [0, 0.1) is 5.82 Å². The zero-order valence-electron chi connectivity index (χ0n) is 9.61. The zero-order valence-corrected chi connectivity index (χ0v) is 10.4. The number of aldehydes is 1. The lowest BCUT2D eigenvalue weighted by atomic mass is 10.0. The van der Waals surface area contributed by atoms with Crippen LogP contribution in [0.2, 0.25) is 5.02 Å². The highest BCUT2D eigenvalue weighted by molar-refractivity contribution is 6.33. The molecule has 0 aliphatic heterocycles. The molecule has 0 bridgehead atoms. The smallest absolute Gasteiger partial charge is 0.153 e. The summed E-state index contributed by atoms with van der Waals surface area (Å²) in [6, 6.07) is 9.10. The molecule has 0 aliphatic rings. The lowest BCUT2D eigenvalue weighted by Crippen LogP contribution is -1.92. The van der Waals surface area contributed by atoms with Gasteiger partial charge in [-0.05, 0) is 23.8 Å². The third-order valence-corrected chi connectivity index (χ3v) is 2.91. The standard InChI is InChI=1S/C14H10ClFO2/c1-18-14-7-13(15)12(6-10(14)8-17)9-2-4-11(16)5-3-9/h2-8H,1H3. The van der Waals surface area contributed by atoms with Gasteiger partial charge >= 0.3 is 0 Å². The van der Waals surface area contributed by atoms with Crippen molar-refractivity contribution >= 4 is 17.9 Å². The van der Waals surface area contributed by atoms with Crippen LogP contribution in [0.5, 0.6) is 5.75 Å². The maximum atomic E-state index is 12.9. The third-order valence-electron chi connectivity index (χ3n) is 2.60. The minimum Gasteiger partial charge on any atom is -0.496 e. The van der Waals surface area contributed by atoms with E-state index in [4.69, 9.17) is 16.3 Å². The van der Waals surface area contributed by atoms with Crippen molar-refractivity contribution in [2.75, 3.05) is 7.11 Å². The molecule has 2 rings (SSSR count). The Bertz CT molecular complexity index is 579. The van der Waals surface area contributed by atoms with Gasteiger partial charge in [0.05, 0.1) is 17.7 Å². The zero-order chi connectivity index (χ0) is 13.1. The van der Waals surface area contributed by atoms with Gasteiger partial charge in [0.1, 0.15) is 11.6 Å². The quantitative estimate of drug-likeness (QED) is 0.784. The molecule has 2 aromatic carbocycles. The molecule has 0 fully saturated rings. The Morgan fingerprint density at radius 1 is 1.22 bits per heavy atom. The molecule has 0 saturated heterocycles. The van der Waals surface area contributed by atoms with E-state index in [1.54, 1.807) is 24.3 Å². The second-order valence-corrected chi connectivity index (χ2v) is 4.11. The molecule has 0 N–H and O–H groups in total. The predicted molar refractivity (Wildman–Crippen MR) is 68.8 cm³/mol. The first-order valence-corrected chi connectivity index (χ1v) is 5.62. The Balaban J connectivity index is 2.57. The van der Waals surface area contributed by atoms with Gasteiger partial charge in [0, 0.05) is 11.6 Å². The fourth-order valence-corrected chi connectivity index (χ4v) is 1.95. The minimum absolute atomic E-state index is 0.320. The van der Waals surface area contributed by atoms with Crippen molar-refractivity contribution in [1.82, 2.24) is 0 Å². The summed E-state index contributed by atoms with van der Waals surface area (Å²) in [7, 11) is 1.47. The number of benzene rings is 2. The van der Waals surface area contributed by atoms with E-state index in [9.17, 15) is 9.18 Å². The van der Waals surface area contributed by atoms with Gasteiger partial charge in [-0.2, -0.15) is 0 Å². The van der Waals surface area contributed by atoms with Gasteiger partial charge in [0.25, 0.3) is 0 Å². The molecule has 0 unspecified atom stereocenters. The normalized spacial score (nSPS) is 10.2. The molecule has 2 nitrogen and oxygen atoms in total. The fourth-order valence-electron chi connectivity index (χ4n) is 1.69. The highest BCUT2D eigenvalue weighted by atomic mass is 35.5. The highest BCUT2D eigenvalue weighted by Crippen LogP contribution is 2.33. The lowest BCUT2D eigenvalue weighted by Gasteiger charge is -2.09. The maximum absolute atomic E-state index is 12.9. The van der Waals surface area contributed by atoms with Crippen molar-refractivity contribution in [3.05, 3.63) is 52.8 Å². The Kier molecular flexibility index (Phi) is 3.63. The van der Waals surface area contributed by atoms with E-state index in [1.807, 2.05) is 0 Å². The topological polar surface area (TPSA) is 26.3 Å². The molecule has 0 saturated carbocycles. The highest BCUT2D eigenvalue weighted by Gasteiger charge is 2.10. The van der Waals surface area contributed by atoms with E-state index in [0.717, 1.165) is 5.56 Å². The molecule has 0 radical (unpaired) electrons. The molecule has 18 heavy (non-hydrogen) atoms. The summed E-state index contributed by atoms with van der Waals surface area (Å²) in [5.41, 5.74) is 1.81. The second-order valence-electron chi connectivity index (χ2n) is 3.70. The van der Waals surface area contributed by atoms with Gasteiger partial charge in [-0.25, -0.2) is 4.39 Å². The molecule has 0 amide bonds. The molecular weight excluding hydrogens is 255 g/mol. The molecule has 0 heterocycles. The molecule has 0 spiro atoms. The first-order valence-electron chi connectivity index (χ1n) is 5.24. The van der Waals surface area contributed by atoms with Crippen molar-refractivity contribution in [2.24, 2.45) is 0 Å². The van der Waals surface area contributed by atoms with E-state index in [1.165, 1.54) is 19.2 Å². The first kappa shape index (κ1) is 12.6. The van der Waals surface area contributed by atoms with Crippen LogP contribution in [0.1, 0.15) is 10.4 Å². The van der Waals surface area contributed by atoms with E-state index < -0.39 is 0 Å². The molecule has 2 aromatic rings. The van der Waals surface area contributed by atoms with E-state index >= 15 is 0 Å². The number of methoxy groups -OCH3 is 1. The second kappa shape index (κ2) is 5.19. The van der Waals surface area contributed by atoms with Crippen molar-refractivity contribution in [3.8, 4) is 16.9 Å². The maximum Gasteiger partial charge on any atom is 0.153 e. The molecule has 0 aliphatic carbocycles. The number of rotatable bonds is 3. The van der Waals surface area contributed by atoms with Crippen molar-refractivity contribution in [2.45, 2.75) is 0 Å². The van der Waals surface area contributed by atoms with Crippen molar-refractivity contribution < 1.29 is 13.9 Å². The predicted octanol–water partition coefficient (Wildman–Crippen LogP) is 3.97. The summed E-state index contributed by atoms with van der Waals surface area (Å²) in [5.74, 6) is 0.0971. The van der Waals surface area contributed by atoms with E-state index in [0.29, 0.717) is 28.2 Å². The number of carbonyl (C=O) groups is 1. The number of carbonyl (C=O) groups excluding carboxylic acids is 1. The number of halogens is 2. The average molecular weight is 265 g/mol. The summed E-state index contributed by atoms with van der Waals surface area (Å²) in [4.78, 5) is 11.0. The van der Waals surface area contributed by atoms with Gasteiger partial charge in [0.15, 0.2) is 6.29 Å². The number of hydrogen-bond acceptors (Lipinski definition) is 2. The molecule has 0 atom stereocenters. The summed E-state index contributed by atoms with van der Waals surface area (Å²) in [5, 5.41) is 0.448. The largest absolute Gasteiger partial charge is 0.496 e. The third kappa shape index (κ3) is 2.36. The van der Waals surface area contributed by atoms with E-state index in [2.05, 4.69) is 0 Å². The van der Waals surface area contributed by atoms with Crippen molar-refractivity contribution in [3.63, 3.8) is 0 Å². The summed E-state index contributed by atoms with van der Waals surface area (Å²) in [6.45, 7) is 0. The van der Waals surface area contributed by atoms with Crippen LogP contribution >= 0.6 is 11.6 Å². The van der Waals surface area contributed by atoms with Crippen LogP contribution in [0.25, 0.3) is 11.1 Å². The van der Waals surface area contributed by atoms with Crippen LogP contribution in [0.4, 0.5) is 4.39 Å². The lowest BCUT2D eigenvalue weighted by molar-refractivity contribution is 0.112. The molecule has 4 heteroatoms. The Labute approximate surface area is 109 Å². The van der Waals surface area contributed by atoms with E-state index in [-0.39, 0.29) is 5.82 Å². The van der Waals surface area contributed by atoms with Crippen LogP contribution in [0.15, 0.2) is 36.4 Å². The van der Waals surface area contributed by atoms with Crippen LogP contribution in [0.3, 0.4) is 0 Å². The fraction of sp³-hybridized carbons (Fsp3) is 0.0714. The summed E-state index contributed by atoms with van der Waals surface area (Å²) >= 11 is 6.12. The Morgan fingerprint density at radius 3 is 2.44 bits per heavy atom. The van der Waals surface area contributed by atoms with Gasteiger partial charge in [-0.3, -0.25) is 4.79 Å². The summed E-state index contributed by atoms with van der Waals surface area (Å²) in [6.07, 6.45) is 0.697. The average Bonchev–Trinajstić information content (AvgIpc) is 2.39. The Morgan fingerprint density at radius 2 is 1.89 bits per heavy atom. The van der Waals surface area contributed by atoms with Gasteiger partial charge < -0.3 is 4.74 Å². The first-order chi connectivity index (χ1) is 8.65. The number of hydrogen-bond donors (Lipinski definition) is 0. The van der Waals surface area contributed by atoms with Gasteiger partial charge in [-0.1, -0.05) is 23.7 Å². The van der Waals surface area contributed by atoms with Crippen LogP contribution in [-0.4, -0.2) is 13.4 Å². The monoisotopic (exact) mass is 264 g/mol. The van der Waals surface area contributed by atoms with Crippen molar-refractivity contribution in [1.29, 1.82) is 0 Å². The summed E-state index contributed by atoms with van der Waals surface area (Å²) < 4.78 is 17.9. The SMILES string of the molecule is COc1cc(Cl)c(-c2ccc(F)cc2)cc1C=O. The molecule has 92 valence electrons. The van der Waals surface area contributed by atoms with Crippen LogP contribution in [-0.2, 0) is 0 Å². The van der Waals surface area contributed by atoms with Gasteiger partial charge in [0.2, 0.25) is 0 Å². The van der Waals surface area contributed by atoms with Gasteiger partial charge in [-0.15, -0.1) is 0 Å².